The number of nitrogens with one attached hydrogen (secondary N) is 1. The van der Waals surface area contributed by atoms with Gasteiger partial charge < -0.3 is 16.2 Å². The molecule has 1 amide bonds. The van der Waals surface area contributed by atoms with Crippen molar-refractivity contribution in [2.24, 2.45) is 17.6 Å². The smallest absolute Gasteiger partial charge is 0.337 e. The highest BCUT2D eigenvalue weighted by molar-refractivity contribution is 6.00. The number of amides is 1. The van der Waals surface area contributed by atoms with Gasteiger partial charge in [0, 0.05) is 6.42 Å². The molecule has 1 atom stereocenters. The van der Waals surface area contributed by atoms with Crippen molar-refractivity contribution in [1.82, 2.24) is 0 Å². The number of benzene rings is 1. The Hall–Kier alpha value is -1.95. The first-order valence-corrected chi connectivity index (χ1v) is 6.86. The number of aromatic carboxylic acids is 1. The summed E-state index contributed by atoms with van der Waals surface area (Å²) in [6, 6.07) is 3.24. The third kappa shape index (κ3) is 5.51. The number of hydrogen-bond acceptors (Lipinski definition) is 3. The first-order valence-electron chi connectivity index (χ1n) is 6.86. The molecule has 0 heterocycles. The Morgan fingerprint density at radius 2 is 2.05 bits per heavy atom. The molecule has 0 radical (unpaired) electrons. The molecule has 1 rings (SSSR count). The topological polar surface area (TPSA) is 92.4 Å². The maximum Gasteiger partial charge on any atom is 0.337 e. The molecule has 0 saturated heterocycles. The van der Waals surface area contributed by atoms with Crippen LogP contribution in [-0.2, 0) is 4.79 Å². The van der Waals surface area contributed by atoms with Crippen molar-refractivity contribution in [1.29, 1.82) is 0 Å². The van der Waals surface area contributed by atoms with Gasteiger partial charge in [0.2, 0.25) is 5.91 Å². The molecule has 1 aromatic rings. The monoisotopic (exact) mass is 296 g/mol. The van der Waals surface area contributed by atoms with E-state index >= 15 is 0 Å². The maximum atomic E-state index is 13.1. The van der Waals surface area contributed by atoms with Gasteiger partial charge in [0.15, 0.2) is 0 Å². The van der Waals surface area contributed by atoms with Gasteiger partial charge in [0.05, 0.1) is 11.3 Å². The number of rotatable bonds is 7. The molecule has 116 valence electrons. The minimum absolute atomic E-state index is 0.0405. The second kappa shape index (κ2) is 7.73. The van der Waals surface area contributed by atoms with Crippen LogP contribution >= 0.6 is 0 Å². The van der Waals surface area contributed by atoms with Crippen LogP contribution in [0.2, 0.25) is 0 Å². The van der Waals surface area contributed by atoms with Crippen molar-refractivity contribution in [3.8, 4) is 0 Å². The summed E-state index contributed by atoms with van der Waals surface area (Å²) >= 11 is 0. The quantitative estimate of drug-likeness (QED) is 0.720. The summed E-state index contributed by atoms with van der Waals surface area (Å²) in [5.41, 5.74) is 5.46. The molecule has 6 heteroatoms. The van der Waals surface area contributed by atoms with Gasteiger partial charge in [-0.05, 0) is 43.0 Å². The van der Waals surface area contributed by atoms with Crippen molar-refractivity contribution in [3.05, 3.63) is 29.6 Å². The van der Waals surface area contributed by atoms with Gasteiger partial charge >= 0.3 is 5.97 Å². The zero-order valence-corrected chi connectivity index (χ0v) is 12.2. The van der Waals surface area contributed by atoms with Crippen LogP contribution in [0.1, 0.15) is 37.0 Å². The zero-order chi connectivity index (χ0) is 16.0. The van der Waals surface area contributed by atoms with Crippen LogP contribution < -0.4 is 11.1 Å². The van der Waals surface area contributed by atoms with Gasteiger partial charge in [-0.15, -0.1) is 0 Å². The van der Waals surface area contributed by atoms with E-state index in [4.69, 9.17) is 10.8 Å². The Bertz CT molecular complexity index is 518. The number of carboxylic acids is 1. The minimum atomic E-state index is -1.29. The average Bonchev–Trinajstić information content (AvgIpc) is 2.39. The van der Waals surface area contributed by atoms with Crippen LogP contribution in [0.4, 0.5) is 10.1 Å². The van der Waals surface area contributed by atoms with E-state index in [1.54, 1.807) is 0 Å². The van der Waals surface area contributed by atoms with Crippen LogP contribution in [0.25, 0.3) is 0 Å². The van der Waals surface area contributed by atoms with Crippen molar-refractivity contribution < 1.29 is 19.1 Å². The molecule has 1 aromatic carbocycles. The van der Waals surface area contributed by atoms with Gasteiger partial charge in [-0.25, -0.2) is 9.18 Å². The average molecular weight is 296 g/mol. The van der Waals surface area contributed by atoms with Gasteiger partial charge in [0.25, 0.3) is 0 Å². The molecule has 0 spiro atoms. The molecular formula is C15H21FN2O3. The van der Waals surface area contributed by atoms with Crippen LogP contribution in [0.3, 0.4) is 0 Å². The Morgan fingerprint density at radius 3 is 2.57 bits per heavy atom. The fraction of sp³-hybridized carbons (Fsp3) is 0.467. The summed E-state index contributed by atoms with van der Waals surface area (Å²) in [4.78, 5) is 23.0. The van der Waals surface area contributed by atoms with Crippen LogP contribution in [0.15, 0.2) is 18.2 Å². The van der Waals surface area contributed by atoms with Gasteiger partial charge in [-0.2, -0.15) is 0 Å². The lowest BCUT2D eigenvalue weighted by molar-refractivity contribution is -0.117. The number of halogens is 1. The number of carboxylic acid groups (broad SMARTS) is 1. The fourth-order valence-corrected chi connectivity index (χ4v) is 2.20. The standard InChI is InChI=1S/C15H21FN2O3/c1-9(2)5-10(8-17)6-14(19)18-13-4-3-11(16)7-12(13)15(20)21/h3-4,7,9-10H,5-6,8,17H2,1-2H3,(H,18,19)(H,20,21). The lowest BCUT2D eigenvalue weighted by atomic mass is 9.94. The van der Waals surface area contributed by atoms with Crippen molar-refractivity contribution >= 4 is 17.6 Å². The summed E-state index contributed by atoms with van der Waals surface area (Å²) < 4.78 is 13.1. The van der Waals surface area contributed by atoms with E-state index in [-0.39, 0.29) is 29.5 Å². The molecular weight excluding hydrogens is 275 g/mol. The van der Waals surface area contributed by atoms with E-state index in [2.05, 4.69) is 5.32 Å². The minimum Gasteiger partial charge on any atom is -0.478 e. The predicted octanol–water partition coefficient (Wildman–Crippen LogP) is 2.47. The Balaban J connectivity index is 2.77. The summed E-state index contributed by atoms with van der Waals surface area (Å²) in [5.74, 6) is -1.81. The predicted molar refractivity (Wildman–Crippen MR) is 78.6 cm³/mol. The number of anilines is 1. The highest BCUT2D eigenvalue weighted by Crippen LogP contribution is 2.19. The van der Waals surface area contributed by atoms with Crippen molar-refractivity contribution in [2.45, 2.75) is 26.7 Å². The molecule has 0 aliphatic heterocycles. The van der Waals surface area contributed by atoms with Crippen molar-refractivity contribution in [3.63, 3.8) is 0 Å². The highest BCUT2D eigenvalue weighted by atomic mass is 19.1. The van der Waals surface area contributed by atoms with E-state index < -0.39 is 11.8 Å². The van der Waals surface area contributed by atoms with Crippen LogP contribution in [0, 0.1) is 17.7 Å². The molecule has 5 nitrogen and oxygen atoms in total. The first kappa shape index (κ1) is 17.1. The second-order valence-corrected chi connectivity index (χ2v) is 5.48. The normalized spacial score (nSPS) is 12.2. The van der Waals surface area contributed by atoms with Crippen LogP contribution in [-0.4, -0.2) is 23.5 Å². The van der Waals surface area contributed by atoms with Crippen LogP contribution in [0.5, 0.6) is 0 Å². The Labute approximate surface area is 123 Å². The maximum absolute atomic E-state index is 13.1. The molecule has 0 aliphatic rings. The summed E-state index contributed by atoms with van der Waals surface area (Å²) in [7, 11) is 0. The fourth-order valence-electron chi connectivity index (χ4n) is 2.20. The molecule has 0 aliphatic carbocycles. The van der Waals surface area contributed by atoms with Gasteiger partial charge in [-0.3, -0.25) is 4.79 Å². The summed E-state index contributed by atoms with van der Waals surface area (Å²) in [6.07, 6.45) is 1.03. The van der Waals surface area contributed by atoms with Gasteiger partial charge in [-0.1, -0.05) is 13.8 Å². The Morgan fingerprint density at radius 1 is 1.38 bits per heavy atom. The molecule has 0 fully saturated rings. The zero-order valence-electron chi connectivity index (χ0n) is 12.2. The summed E-state index contributed by atoms with van der Waals surface area (Å²) in [5, 5.41) is 11.5. The third-order valence-corrected chi connectivity index (χ3v) is 3.10. The lowest BCUT2D eigenvalue weighted by Gasteiger charge is -2.17. The van der Waals surface area contributed by atoms with E-state index in [0.717, 1.165) is 18.6 Å². The van der Waals surface area contributed by atoms with E-state index in [9.17, 15) is 14.0 Å². The third-order valence-electron chi connectivity index (χ3n) is 3.10. The summed E-state index contributed by atoms with van der Waals surface area (Å²) in [6.45, 7) is 4.48. The van der Waals surface area contributed by atoms with Crippen molar-refractivity contribution in [2.75, 3.05) is 11.9 Å². The molecule has 0 bridgehead atoms. The number of hydrogen-bond donors (Lipinski definition) is 3. The molecule has 1 unspecified atom stereocenters. The van der Waals surface area contributed by atoms with E-state index in [1.807, 2.05) is 13.8 Å². The first-order chi connectivity index (χ1) is 9.83. The number of nitrogens with two attached hydrogens (primary N) is 1. The number of carbonyl (C=O) groups is 2. The van der Waals surface area contributed by atoms with E-state index in [0.29, 0.717) is 12.5 Å². The van der Waals surface area contributed by atoms with Gasteiger partial charge in [0.1, 0.15) is 5.82 Å². The molecule has 0 aromatic heterocycles. The molecule has 21 heavy (non-hydrogen) atoms. The SMILES string of the molecule is CC(C)CC(CN)CC(=O)Nc1ccc(F)cc1C(=O)O. The van der Waals surface area contributed by atoms with E-state index in [1.165, 1.54) is 6.07 Å². The molecule has 4 N–H and O–H groups in total. The largest absolute Gasteiger partial charge is 0.478 e. The lowest BCUT2D eigenvalue weighted by Crippen LogP contribution is -2.24. The Kier molecular flexibility index (Phi) is 6.30. The highest BCUT2D eigenvalue weighted by Gasteiger charge is 2.17. The second-order valence-electron chi connectivity index (χ2n) is 5.48. The number of carbonyl (C=O) groups excluding carboxylic acids is 1. The molecule has 0 saturated carbocycles.